The zero-order valence-electron chi connectivity index (χ0n) is 47.1. The summed E-state index contributed by atoms with van der Waals surface area (Å²) in [6, 6.07) is 32.8. The van der Waals surface area contributed by atoms with E-state index in [1.807, 2.05) is 98.0 Å². The highest BCUT2D eigenvalue weighted by Gasteiger charge is 2.69. The van der Waals surface area contributed by atoms with Crippen LogP contribution in [0, 0.1) is 6.92 Å². The molecule has 0 fully saturated rings. The fourth-order valence-electron chi connectivity index (χ4n) is 10.4. The molecule has 4 heteroatoms. The van der Waals surface area contributed by atoms with E-state index < -0.39 is 29.4 Å². The van der Waals surface area contributed by atoms with Gasteiger partial charge in [-0.2, -0.15) is 4.57 Å². The Hall–Kier alpha value is -6.26. The summed E-state index contributed by atoms with van der Waals surface area (Å²) in [7, 11) is 0. The van der Waals surface area contributed by atoms with E-state index in [2.05, 4.69) is 95.1 Å². The van der Waals surface area contributed by atoms with Crippen LogP contribution in [0.25, 0.3) is 72.7 Å². The van der Waals surface area contributed by atoms with E-state index in [9.17, 15) is 5.48 Å². The normalized spacial score (nSPS) is 18.1. The molecule has 1 spiro atoms. The molecule has 6 aromatic carbocycles. The van der Waals surface area contributed by atoms with Gasteiger partial charge in [0.05, 0.1) is 11.0 Å². The molecule has 1 atom stereocenters. The molecule has 320 valence electrons. The summed E-state index contributed by atoms with van der Waals surface area (Å²) in [4.78, 5) is 0. The minimum absolute atomic E-state index is 0.0725. The van der Waals surface area contributed by atoms with Gasteiger partial charge in [-0.05, 0) is 128 Å². The lowest BCUT2D eigenvalue weighted by molar-refractivity contribution is -0.997. The second kappa shape index (κ2) is 14.1. The van der Waals surface area contributed by atoms with Crippen LogP contribution >= 0.6 is 0 Å². The molecule has 3 aliphatic rings. The quantitative estimate of drug-likeness (QED) is 0.146. The van der Waals surface area contributed by atoms with Crippen molar-refractivity contribution < 1.29 is 24.8 Å². The molecule has 3 aliphatic heterocycles. The summed E-state index contributed by atoms with van der Waals surface area (Å²) in [6.07, 6.45) is 1.95. The van der Waals surface area contributed by atoms with Crippen LogP contribution in [0.2, 0.25) is 0 Å². The SMILES string of the molecule is [2H]c1c([2H])c(-c2cc[n+]3c(c2)-c2cc(C(C)(C)C)cc4c2C32Oc3c(cc(C([2H])(C)C)cc3C([2H])(C)C)-c3n(-c5ccc(-c6c(C([2H])(C)C)cccc6C([2H])(C)C)cc5)c5cccc-4c5[n+]32)c([2H])c([2H])c1C. The number of nitrogens with zero attached hydrogens (tertiary/aromatic N) is 3. The number of hydrogen-bond donors (Lipinski definition) is 0. The van der Waals surface area contributed by atoms with Crippen molar-refractivity contribution in [2.75, 3.05) is 0 Å². The standard InChI is InChI=1S/C60H61N3O/c1-34(2)42-29-48(37(7)8)57-51(30-42)58-62(44-25-23-40(24-26-44)54-45(35(3)4)15-13-16-46(54)36(5)6)52-18-14-17-47-49-32-43(59(10,11)12)33-50-53-31-41(39-21-19-38(9)20-22-39)27-28-61(53)60(64-57,55(49)50)63(58)56(47)52/h13-37H,1-12H3/q+2/i19D,20D,21D,22D,34D,35D,36D,37D. The first-order chi connectivity index (χ1) is 33.5. The second-order valence-corrected chi connectivity index (χ2v) is 19.9. The number of imidazole rings is 1. The van der Waals surface area contributed by atoms with E-state index >= 15 is 0 Å². The number of aromatic nitrogens is 3. The molecular formula is C60H61N3O+2. The largest absolute Gasteiger partial charge is 0.499 e. The molecule has 11 rings (SSSR count). The third kappa shape index (κ3) is 5.66. The second-order valence-electron chi connectivity index (χ2n) is 19.9. The average Bonchev–Trinajstić information content (AvgIpc) is 3.79. The molecule has 2 aromatic heterocycles. The molecule has 0 saturated carbocycles. The molecule has 64 heavy (non-hydrogen) atoms. The Balaban J connectivity index is 1.29. The van der Waals surface area contributed by atoms with Crippen LogP contribution in [0.4, 0.5) is 0 Å². The Morgan fingerprint density at radius 1 is 0.641 bits per heavy atom. The molecule has 0 amide bonds. The third-order valence-electron chi connectivity index (χ3n) is 13.7. The Bertz CT molecular complexity index is 3630. The highest BCUT2D eigenvalue weighted by molar-refractivity contribution is 5.98. The van der Waals surface area contributed by atoms with Crippen LogP contribution in [-0.4, -0.2) is 4.57 Å². The lowest BCUT2D eigenvalue weighted by Gasteiger charge is -2.34. The van der Waals surface area contributed by atoms with Crippen molar-refractivity contribution in [3.05, 3.63) is 166 Å². The van der Waals surface area contributed by atoms with E-state index in [-0.39, 0.29) is 35.1 Å². The lowest BCUT2D eigenvalue weighted by Crippen LogP contribution is -2.78. The maximum absolute atomic E-state index is 9.76. The Morgan fingerprint density at radius 3 is 1.94 bits per heavy atom. The van der Waals surface area contributed by atoms with E-state index in [1.165, 1.54) is 0 Å². The van der Waals surface area contributed by atoms with Crippen LogP contribution in [0.15, 0.2) is 127 Å². The summed E-state index contributed by atoms with van der Waals surface area (Å²) >= 11 is 0. The molecule has 1 unspecified atom stereocenters. The fourth-order valence-corrected chi connectivity index (χ4v) is 10.4. The number of rotatable bonds is 7. The first kappa shape index (κ1) is 32.4. The summed E-state index contributed by atoms with van der Waals surface area (Å²) in [6.45, 7) is 23.2. The monoisotopic (exact) mass is 848 g/mol. The summed E-state index contributed by atoms with van der Waals surface area (Å²) in [5.41, 5.74) is 14.8. The first-order valence-electron chi connectivity index (χ1n) is 26.5. The molecule has 5 heterocycles. The van der Waals surface area contributed by atoms with Gasteiger partial charge in [0.1, 0.15) is 16.8 Å². The average molecular weight is 848 g/mol. The van der Waals surface area contributed by atoms with Gasteiger partial charge in [-0.1, -0.05) is 148 Å². The van der Waals surface area contributed by atoms with E-state index in [0.29, 0.717) is 22.4 Å². The predicted molar refractivity (Wildman–Crippen MR) is 264 cm³/mol. The summed E-state index contributed by atoms with van der Waals surface area (Å²) < 4.78 is 88.1. The minimum Gasteiger partial charge on any atom is -0.392 e. The van der Waals surface area contributed by atoms with Gasteiger partial charge in [0.25, 0.3) is 0 Å². The van der Waals surface area contributed by atoms with Crippen molar-refractivity contribution in [1.29, 1.82) is 0 Å². The van der Waals surface area contributed by atoms with Crippen molar-refractivity contribution in [3.63, 3.8) is 0 Å². The molecule has 0 saturated heterocycles. The van der Waals surface area contributed by atoms with E-state index in [1.54, 1.807) is 6.92 Å². The molecular weight excluding hydrogens is 779 g/mol. The molecule has 8 aromatic rings. The van der Waals surface area contributed by atoms with Crippen LogP contribution in [0.1, 0.15) is 150 Å². The number of fused-ring (bicyclic) bond motifs is 5. The maximum atomic E-state index is 9.76. The maximum Gasteiger partial charge on any atom is 0.499 e. The van der Waals surface area contributed by atoms with Gasteiger partial charge < -0.3 is 4.74 Å². The Morgan fingerprint density at radius 2 is 1.30 bits per heavy atom. The van der Waals surface area contributed by atoms with Gasteiger partial charge in [0.2, 0.25) is 5.69 Å². The first-order valence-corrected chi connectivity index (χ1v) is 22.5. The Labute approximate surface area is 391 Å². The van der Waals surface area contributed by atoms with Crippen LogP contribution in [0.3, 0.4) is 0 Å². The lowest BCUT2D eigenvalue weighted by atomic mass is 9.80. The highest BCUT2D eigenvalue weighted by atomic mass is 16.5. The van der Waals surface area contributed by atoms with Crippen molar-refractivity contribution in [2.24, 2.45) is 0 Å². The van der Waals surface area contributed by atoms with E-state index in [4.69, 9.17) is 10.2 Å². The van der Waals surface area contributed by atoms with E-state index in [0.717, 1.165) is 89.4 Å². The number of para-hydroxylation sites is 1. The van der Waals surface area contributed by atoms with Crippen LogP contribution in [0.5, 0.6) is 5.75 Å². The van der Waals surface area contributed by atoms with Gasteiger partial charge in [0, 0.05) is 28.7 Å². The predicted octanol–water partition coefficient (Wildman–Crippen LogP) is 14.9. The molecule has 0 bridgehead atoms. The van der Waals surface area contributed by atoms with Gasteiger partial charge in [-0.15, -0.1) is 9.13 Å². The van der Waals surface area contributed by atoms with Gasteiger partial charge >= 0.3 is 11.7 Å². The molecule has 4 nitrogen and oxygen atoms in total. The van der Waals surface area contributed by atoms with Gasteiger partial charge in [0.15, 0.2) is 23.0 Å². The zero-order chi connectivity index (χ0) is 51.9. The molecule has 0 radical (unpaired) electrons. The van der Waals surface area contributed by atoms with Crippen molar-refractivity contribution >= 4 is 11.0 Å². The summed E-state index contributed by atoms with van der Waals surface area (Å²) in [5.74, 6) is -4.17. The molecule has 0 aliphatic carbocycles. The minimum atomic E-state index is -1.41. The highest BCUT2D eigenvalue weighted by Crippen LogP contribution is 2.56. The Kier molecular flexibility index (Phi) is 7.15. The van der Waals surface area contributed by atoms with Crippen LogP contribution in [-0.2, 0) is 11.3 Å². The zero-order valence-corrected chi connectivity index (χ0v) is 39.1. The number of hydrogen-bond acceptors (Lipinski definition) is 1. The van der Waals surface area contributed by atoms with Crippen molar-refractivity contribution in [2.45, 2.75) is 118 Å². The van der Waals surface area contributed by atoms with Gasteiger partial charge in [-0.25, -0.2) is 0 Å². The molecule has 0 N–H and O–H groups in total. The summed E-state index contributed by atoms with van der Waals surface area (Å²) in [5, 5.41) is 0. The number of benzene rings is 6. The smallest absolute Gasteiger partial charge is 0.392 e. The fraction of sp³-hybridized carbons (Fsp3) is 0.300. The van der Waals surface area contributed by atoms with Crippen molar-refractivity contribution in [1.82, 2.24) is 4.57 Å². The van der Waals surface area contributed by atoms with Crippen molar-refractivity contribution in [3.8, 4) is 67.5 Å². The third-order valence-corrected chi connectivity index (χ3v) is 13.7. The van der Waals surface area contributed by atoms with Crippen LogP contribution < -0.4 is 13.9 Å². The number of ether oxygens (including phenoxy) is 1. The topological polar surface area (TPSA) is 21.9 Å². The number of pyridine rings is 1. The van der Waals surface area contributed by atoms with Gasteiger partial charge in [-0.3, -0.25) is 0 Å².